The van der Waals surface area contributed by atoms with Crippen LogP contribution in [0.15, 0.2) is 0 Å². The summed E-state index contributed by atoms with van der Waals surface area (Å²) in [7, 11) is 0. The van der Waals surface area contributed by atoms with E-state index < -0.39 is 5.54 Å². The Morgan fingerprint density at radius 2 is 1.87 bits per heavy atom. The lowest BCUT2D eigenvalue weighted by Crippen LogP contribution is -2.57. The Kier molecular flexibility index (Phi) is 4.54. The SMILES string of the molecule is CCNC(C)(C)C(=O)NN1CCCCC1. The molecule has 0 aliphatic carbocycles. The molecule has 0 aromatic carbocycles. The minimum Gasteiger partial charge on any atom is -0.304 e. The van der Waals surface area contributed by atoms with Crippen molar-refractivity contribution in [1.29, 1.82) is 0 Å². The van der Waals surface area contributed by atoms with Crippen molar-refractivity contribution in [3.8, 4) is 0 Å². The number of rotatable bonds is 4. The van der Waals surface area contributed by atoms with E-state index in [1.54, 1.807) is 0 Å². The van der Waals surface area contributed by atoms with Crippen molar-refractivity contribution in [2.45, 2.75) is 45.6 Å². The highest BCUT2D eigenvalue weighted by atomic mass is 16.2. The summed E-state index contributed by atoms with van der Waals surface area (Å²) >= 11 is 0. The monoisotopic (exact) mass is 213 g/mol. The quantitative estimate of drug-likeness (QED) is 0.729. The van der Waals surface area contributed by atoms with E-state index in [1.165, 1.54) is 19.3 Å². The fraction of sp³-hybridized carbons (Fsp3) is 0.909. The summed E-state index contributed by atoms with van der Waals surface area (Å²) in [4.78, 5) is 11.9. The number of hydrogen-bond acceptors (Lipinski definition) is 3. The first-order chi connectivity index (χ1) is 7.06. The number of carbonyl (C=O) groups is 1. The van der Waals surface area contributed by atoms with Crippen LogP contribution in [0.3, 0.4) is 0 Å². The van der Waals surface area contributed by atoms with Crippen LogP contribution >= 0.6 is 0 Å². The van der Waals surface area contributed by atoms with Crippen molar-refractivity contribution in [2.75, 3.05) is 19.6 Å². The number of amides is 1. The maximum absolute atomic E-state index is 11.9. The molecule has 4 nitrogen and oxygen atoms in total. The molecule has 1 saturated heterocycles. The Morgan fingerprint density at radius 3 is 2.40 bits per heavy atom. The molecular formula is C11H23N3O. The summed E-state index contributed by atoms with van der Waals surface area (Å²) in [5.74, 6) is 0.0613. The Balaban J connectivity index is 2.39. The molecule has 0 atom stereocenters. The van der Waals surface area contributed by atoms with Crippen molar-refractivity contribution < 1.29 is 4.79 Å². The normalized spacial score (nSPS) is 18.9. The predicted octanol–water partition coefficient (Wildman–Crippen LogP) is 0.892. The van der Waals surface area contributed by atoms with Crippen LogP contribution in [-0.4, -0.2) is 36.1 Å². The van der Waals surface area contributed by atoms with Gasteiger partial charge in [0.1, 0.15) is 0 Å². The number of hydrogen-bond donors (Lipinski definition) is 2. The third-order valence-electron chi connectivity index (χ3n) is 2.80. The van der Waals surface area contributed by atoms with Crippen LogP contribution in [0.5, 0.6) is 0 Å². The van der Waals surface area contributed by atoms with Gasteiger partial charge in [-0.25, -0.2) is 5.01 Å². The zero-order valence-electron chi connectivity index (χ0n) is 10.1. The molecule has 4 heteroatoms. The fourth-order valence-electron chi connectivity index (χ4n) is 1.81. The van der Waals surface area contributed by atoms with Crippen LogP contribution in [0.4, 0.5) is 0 Å². The van der Waals surface area contributed by atoms with Crippen LogP contribution < -0.4 is 10.7 Å². The number of likely N-dealkylation sites (N-methyl/N-ethyl adjacent to an activating group) is 1. The second-order valence-corrected chi connectivity index (χ2v) is 4.64. The van der Waals surface area contributed by atoms with E-state index in [4.69, 9.17) is 0 Å². The van der Waals surface area contributed by atoms with Gasteiger partial charge in [0, 0.05) is 13.1 Å². The summed E-state index contributed by atoms with van der Waals surface area (Å²) in [6.07, 6.45) is 3.65. The molecule has 1 aliphatic rings. The summed E-state index contributed by atoms with van der Waals surface area (Å²) < 4.78 is 0. The molecule has 0 aromatic heterocycles. The van der Waals surface area contributed by atoms with Crippen molar-refractivity contribution in [2.24, 2.45) is 0 Å². The fourth-order valence-corrected chi connectivity index (χ4v) is 1.81. The topological polar surface area (TPSA) is 44.4 Å². The van der Waals surface area contributed by atoms with Gasteiger partial charge < -0.3 is 5.32 Å². The minimum absolute atomic E-state index is 0.0613. The third-order valence-corrected chi connectivity index (χ3v) is 2.80. The second kappa shape index (κ2) is 5.47. The molecule has 2 N–H and O–H groups in total. The lowest BCUT2D eigenvalue weighted by atomic mass is 10.1. The van der Waals surface area contributed by atoms with Gasteiger partial charge in [-0.1, -0.05) is 13.3 Å². The van der Waals surface area contributed by atoms with Gasteiger partial charge in [-0.05, 0) is 33.2 Å². The minimum atomic E-state index is -0.480. The Labute approximate surface area is 92.4 Å². The van der Waals surface area contributed by atoms with Gasteiger partial charge in [0.25, 0.3) is 5.91 Å². The number of piperidine rings is 1. The van der Waals surface area contributed by atoms with E-state index in [-0.39, 0.29) is 5.91 Å². The molecule has 1 fully saturated rings. The molecule has 0 unspecified atom stereocenters. The molecule has 0 bridgehead atoms. The van der Waals surface area contributed by atoms with Crippen LogP contribution in [0.2, 0.25) is 0 Å². The van der Waals surface area contributed by atoms with Crippen molar-refractivity contribution in [3.05, 3.63) is 0 Å². The zero-order chi connectivity index (χ0) is 11.3. The van der Waals surface area contributed by atoms with Crippen LogP contribution in [0.1, 0.15) is 40.0 Å². The molecule has 1 amide bonds. The van der Waals surface area contributed by atoms with Crippen molar-refractivity contribution in [3.63, 3.8) is 0 Å². The Bertz CT molecular complexity index is 210. The Hall–Kier alpha value is -0.610. The maximum Gasteiger partial charge on any atom is 0.253 e. The molecule has 15 heavy (non-hydrogen) atoms. The van der Waals surface area contributed by atoms with E-state index in [9.17, 15) is 4.79 Å². The molecule has 1 aliphatic heterocycles. The van der Waals surface area contributed by atoms with E-state index in [0.717, 1.165) is 19.6 Å². The number of nitrogens with one attached hydrogen (secondary N) is 2. The van der Waals surface area contributed by atoms with Gasteiger partial charge >= 0.3 is 0 Å². The lowest BCUT2D eigenvalue weighted by molar-refractivity contribution is -0.131. The Morgan fingerprint density at radius 1 is 1.27 bits per heavy atom. The van der Waals surface area contributed by atoms with E-state index in [2.05, 4.69) is 10.7 Å². The molecular weight excluding hydrogens is 190 g/mol. The highest BCUT2D eigenvalue weighted by Crippen LogP contribution is 2.08. The van der Waals surface area contributed by atoms with E-state index in [1.807, 2.05) is 25.8 Å². The first-order valence-electron chi connectivity index (χ1n) is 5.87. The lowest BCUT2D eigenvalue weighted by Gasteiger charge is -2.32. The summed E-state index contributed by atoms with van der Waals surface area (Å²) in [6.45, 7) is 8.60. The van der Waals surface area contributed by atoms with Gasteiger partial charge in [-0.15, -0.1) is 0 Å². The van der Waals surface area contributed by atoms with Gasteiger partial charge in [0.2, 0.25) is 0 Å². The standard InChI is InChI=1S/C11H23N3O/c1-4-12-11(2,3)10(15)13-14-8-6-5-7-9-14/h12H,4-9H2,1-3H3,(H,13,15). The van der Waals surface area contributed by atoms with Crippen molar-refractivity contribution >= 4 is 5.91 Å². The van der Waals surface area contributed by atoms with E-state index in [0.29, 0.717) is 0 Å². The molecule has 1 rings (SSSR count). The van der Waals surface area contributed by atoms with E-state index >= 15 is 0 Å². The van der Waals surface area contributed by atoms with Crippen molar-refractivity contribution in [1.82, 2.24) is 15.8 Å². The molecule has 0 spiro atoms. The molecule has 88 valence electrons. The highest BCUT2D eigenvalue weighted by Gasteiger charge is 2.27. The largest absolute Gasteiger partial charge is 0.304 e. The second-order valence-electron chi connectivity index (χ2n) is 4.64. The smallest absolute Gasteiger partial charge is 0.253 e. The first-order valence-corrected chi connectivity index (χ1v) is 5.87. The maximum atomic E-state index is 11.9. The highest BCUT2D eigenvalue weighted by molar-refractivity contribution is 5.84. The summed E-state index contributed by atoms with van der Waals surface area (Å²) in [5.41, 5.74) is 2.50. The molecule has 0 aromatic rings. The number of nitrogens with zero attached hydrogens (tertiary/aromatic N) is 1. The summed E-state index contributed by atoms with van der Waals surface area (Å²) in [6, 6.07) is 0. The van der Waals surface area contributed by atoms with Gasteiger partial charge in [0.05, 0.1) is 5.54 Å². The van der Waals surface area contributed by atoms with Gasteiger partial charge in [-0.2, -0.15) is 0 Å². The third kappa shape index (κ3) is 3.80. The van der Waals surface area contributed by atoms with Crippen LogP contribution in [0, 0.1) is 0 Å². The first kappa shape index (κ1) is 12.5. The molecule has 1 heterocycles. The van der Waals surface area contributed by atoms with Gasteiger partial charge in [-0.3, -0.25) is 10.2 Å². The molecule has 0 saturated carbocycles. The van der Waals surface area contributed by atoms with Crippen LogP contribution in [0.25, 0.3) is 0 Å². The number of hydrazine groups is 1. The predicted molar refractivity (Wildman–Crippen MR) is 61.3 cm³/mol. The number of carbonyl (C=O) groups excluding carboxylic acids is 1. The summed E-state index contributed by atoms with van der Waals surface area (Å²) in [5, 5.41) is 5.21. The zero-order valence-corrected chi connectivity index (χ0v) is 10.1. The van der Waals surface area contributed by atoms with Crippen LogP contribution in [-0.2, 0) is 4.79 Å². The van der Waals surface area contributed by atoms with Gasteiger partial charge in [0.15, 0.2) is 0 Å². The average Bonchev–Trinajstić information content (AvgIpc) is 2.19. The molecule has 0 radical (unpaired) electrons. The average molecular weight is 213 g/mol.